The molecule has 142 valence electrons. The predicted octanol–water partition coefficient (Wildman–Crippen LogP) is 3.02. The highest BCUT2D eigenvalue weighted by Gasteiger charge is 2.36. The Kier molecular flexibility index (Phi) is 4.13. The topological polar surface area (TPSA) is 52.2 Å². The van der Waals surface area contributed by atoms with Crippen LogP contribution < -0.4 is 20.1 Å². The second-order valence-electron chi connectivity index (χ2n) is 6.96. The van der Waals surface area contributed by atoms with E-state index in [9.17, 15) is 9.90 Å². The molecular weight excluding hydrogens is 362 g/mol. The zero-order valence-corrected chi connectivity index (χ0v) is 15.7. The summed E-state index contributed by atoms with van der Waals surface area (Å²) >= 11 is 0. The lowest BCUT2D eigenvalue weighted by Gasteiger charge is -2.20. The molecule has 5 nitrogen and oxygen atoms in total. The molecule has 0 atom stereocenters. The van der Waals surface area contributed by atoms with Gasteiger partial charge in [-0.25, -0.2) is 14.3 Å². The van der Waals surface area contributed by atoms with Crippen LogP contribution in [0.25, 0.3) is 16.8 Å². The van der Waals surface area contributed by atoms with E-state index in [4.69, 9.17) is 0 Å². The fourth-order valence-electron chi connectivity index (χ4n) is 3.92. The van der Waals surface area contributed by atoms with Crippen molar-refractivity contribution in [3.8, 4) is 22.7 Å². The van der Waals surface area contributed by atoms with Crippen molar-refractivity contribution in [3.63, 3.8) is 0 Å². The van der Waals surface area contributed by atoms with Gasteiger partial charge >= 0.3 is 11.5 Å². The molecule has 5 heteroatoms. The van der Waals surface area contributed by atoms with E-state index >= 15 is 0 Å². The van der Waals surface area contributed by atoms with Gasteiger partial charge in [0.2, 0.25) is 0 Å². The van der Waals surface area contributed by atoms with Crippen molar-refractivity contribution in [2.75, 3.05) is 11.4 Å². The summed E-state index contributed by atoms with van der Waals surface area (Å²) in [5, 5.41) is 13.4. The summed E-state index contributed by atoms with van der Waals surface area (Å²) < 4.78 is 3.37. The first kappa shape index (κ1) is 17.3. The zero-order valence-electron chi connectivity index (χ0n) is 15.7. The fourth-order valence-corrected chi connectivity index (χ4v) is 3.92. The number of fused-ring (bicyclic) bond motifs is 1. The molecule has 0 aliphatic carbocycles. The lowest BCUT2D eigenvalue weighted by atomic mass is 10.1. The van der Waals surface area contributed by atoms with Gasteiger partial charge in [0.05, 0.1) is 5.56 Å². The third-order valence-corrected chi connectivity index (χ3v) is 5.25. The lowest BCUT2D eigenvalue weighted by Crippen LogP contribution is -2.43. The number of nitrogens with zero attached hydrogens (tertiary/aromatic N) is 3. The molecule has 0 N–H and O–H groups in total. The Balaban J connectivity index is 1.85. The molecule has 5 rings (SSSR count). The van der Waals surface area contributed by atoms with Gasteiger partial charge in [-0.3, -0.25) is 0 Å². The lowest BCUT2D eigenvalue weighted by molar-refractivity contribution is -0.715. The molecule has 0 spiro atoms. The maximum atomic E-state index is 13.7. The van der Waals surface area contributed by atoms with Crippen molar-refractivity contribution in [1.82, 2.24) is 4.57 Å². The molecular formula is C24H19N3O2. The number of hydrogen-bond donors (Lipinski definition) is 0. The van der Waals surface area contributed by atoms with Crippen LogP contribution in [0.4, 0.5) is 11.6 Å². The minimum Gasteiger partial charge on any atom is -0.848 e. The summed E-state index contributed by atoms with van der Waals surface area (Å²) in [4.78, 5) is 15.7. The van der Waals surface area contributed by atoms with Crippen LogP contribution in [0.1, 0.15) is 0 Å². The highest BCUT2D eigenvalue weighted by Crippen LogP contribution is 2.31. The van der Waals surface area contributed by atoms with E-state index in [1.54, 1.807) is 9.13 Å². The van der Waals surface area contributed by atoms with Crippen LogP contribution in [0.3, 0.4) is 0 Å². The molecule has 0 radical (unpaired) electrons. The van der Waals surface area contributed by atoms with Crippen LogP contribution >= 0.6 is 0 Å². The van der Waals surface area contributed by atoms with Gasteiger partial charge in [0.25, 0.3) is 0 Å². The van der Waals surface area contributed by atoms with E-state index < -0.39 is 0 Å². The second-order valence-corrected chi connectivity index (χ2v) is 6.96. The Morgan fingerprint density at radius 2 is 1.31 bits per heavy atom. The highest BCUT2D eigenvalue weighted by atomic mass is 16.3. The van der Waals surface area contributed by atoms with Crippen LogP contribution in [-0.2, 0) is 6.54 Å². The standard InChI is InChI=1S/C24H19N3O2/c28-22-21(18-10-4-1-5-11-18)23(29)27(20-14-8-3-9-15-20)24-25(16-17-26(22)24)19-12-6-2-7-13-19/h1-15H,16-17H2. The minimum absolute atomic E-state index is 0.202. The zero-order chi connectivity index (χ0) is 19.8. The van der Waals surface area contributed by atoms with Crippen LogP contribution in [0.15, 0.2) is 95.8 Å². The monoisotopic (exact) mass is 381 g/mol. The van der Waals surface area contributed by atoms with Gasteiger partial charge in [-0.1, -0.05) is 66.7 Å². The van der Waals surface area contributed by atoms with Gasteiger partial charge < -0.3 is 5.11 Å². The summed E-state index contributed by atoms with van der Waals surface area (Å²) in [7, 11) is 0. The summed E-state index contributed by atoms with van der Waals surface area (Å²) in [5.74, 6) is 0.346. The van der Waals surface area contributed by atoms with Crippen LogP contribution in [0, 0.1) is 0 Å². The minimum atomic E-state index is -0.304. The number of benzene rings is 3. The SMILES string of the molecule is O=c1c(-c2ccccc2)c([O-])[n+]2c(n1-c1ccccc1)N(c1ccccc1)CC2. The Labute approximate surface area is 168 Å². The maximum Gasteiger partial charge on any atom is 0.372 e. The molecule has 3 aromatic carbocycles. The van der Waals surface area contributed by atoms with Crippen LogP contribution in [0.5, 0.6) is 5.88 Å². The molecule has 0 fully saturated rings. The van der Waals surface area contributed by atoms with E-state index in [0.29, 0.717) is 24.6 Å². The van der Waals surface area contributed by atoms with E-state index in [1.165, 1.54) is 0 Å². The highest BCUT2D eigenvalue weighted by molar-refractivity contribution is 5.68. The largest absolute Gasteiger partial charge is 0.848 e. The molecule has 0 saturated carbocycles. The Morgan fingerprint density at radius 3 is 1.93 bits per heavy atom. The Bertz CT molecular complexity index is 1220. The third-order valence-electron chi connectivity index (χ3n) is 5.25. The molecule has 1 aliphatic heterocycles. The average Bonchev–Trinajstić information content (AvgIpc) is 3.21. The second kappa shape index (κ2) is 6.95. The van der Waals surface area contributed by atoms with Crippen molar-refractivity contribution in [2.45, 2.75) is 6.54 Å². The first-order valence-electron chi connectivity index (χ1n) is 9.59. The normalized spacial score (nSPS) is 12.8. The van der Waals surface area contributed by atoms with Crippen LogP contribution in [-0.4, -0.2) is 11.1 Å². The van der Waals surface area contributed by atoms with E-state index in [-0.39, 0.29) is 17.0 Å². The predicted molar refractivity (Wildman–Crippen MR) is 111 cm³/mol. The van der Waals surface area contributed by atoms with Gasteiger partial charge in [-0.05, 0) is 29.8 Å². The van der Waals surface area contributed by atoms with Crippen molar-refractivity contribution in [2.24, 2.45) is 0 Å². The number of anilines is 2. The van der Waals surface area contributed by atoms with Crippen LogP contribution in [0.2, 0.25) is 0 Å². The average molecular weight is 381 g/mol. The van der Waals surface area contributed by atoms with Gasteiger partial charge in [-0.15, -0.1) is 0 Å². The summed E-state index contributed by atoms with van der Waals surface area (Å²) in [6.45, 7) is 1.15. The molecule has 0 unspecified atom stereocenters. The molecule has 1 aliphatic rings. The van der Waals surface area contributed by atoms with Crippen molar-refractivity contribution >= 4 is 11.6 Å². The smallest absolute Gasteiger partial charge is 0.372 e. The van der Waals surface area contributed by atoms with E-state index in [2.05, 4.69) is 0 Å². The summed E-state index contributed by atoms with van der Waals surface area (Å²) in [6.07, 6.45) is 0. The molecule has 1 aromatic heterocycles. The molecule has 29 heavy (non-hydrogen) atoms. The van der Waals surface area contributed by atoms with Gasteiger partial charge in [0.15, 0.2) is 0 Å². The third kappa shape index (κ3) is 2.79. The first-order chi connectivity index (χ1) is 14.3. The van der Waals surface area contributed by atoms with Crippen molar-refractivity contribution in [3.05, 3.63) is 101 Å². The molecule has 2 heterocycles. The van der Waals surface area contributed by atoms with Gasteiger partial charge in [0.1, 0.15) is 24.5 Å². The number of rotatable bonds is 3. The van der Waals surface area contributed by atoms with Gasteiger partial charge in [0, 0.05) is 5.88 Å². The quantitative estimate of drug-likeness (QED) is 0.513. The first-order valence-corrected chi connectivity index (χ1v) is 9.59. The molecule has 4 aromatic rings. The summed E-state index contributed by atoms with van der Waals surface area (Å²) in [6, 6.07) is 28.5. The van der Waals surface area contributed by atoms with Crippen molar-refractivity contribution in [1.29, 1.82) is 0 Å². The maximum absolute atomic E-state index is 13.7. The molecule has 0 amide bonds. The van der Waals surface area contributed by atoms with E-state index in [0.717, 1.165) is 11.4 Å². The fraction of sp³-hybridized carbons (Fsp3) is 0.0833. The van der Waals surface area contributed by atoms with Gasteiger partial charge in [-0.2, -0.15) is 4.57 Å². The molecule has 0 bridgehead atoms. The number of hydrogen-bond acceptors (Lipinski definition) is 3. The Hall–Kier alpha value is -3.86. The van der Waals surface area contributed by atoms with E-state index in [1.807, 2.05) is 95.9 Å². The number of aromatic nitrogens is 2. The van der Waals surface area contributed by atoms with Crippen molar-refractivity contribution < 1.29 is 9.67 Å². The Morgan fingerprint density at radius 1 is 0.759 bits per heavy atom. The summed E-state index contributed by atoms with van der Waals surface area (Å²) in [5.41, 5.74) is 2.23. The molecule has 0 saturated heterocycles. The number of para-hydroxylation sites is 2.